The fraction of sp³-hybridized carbons (Fsp3) is 0.476. The largest absolute Gasteiger partial charge is 0.351 e. The van der Waals surface area contributed by atoms with Gasteiger partial charge in [-0.25, -0.2) is 0 Å². The van der Waals surface area contributed by atoms with Crippen LogP contribution in [0, 0.1) is 12.8 Å². The summed E-state index contributed by atoms with van der Waals surface area (Å²) in [6.45, 7) is 8.80. The van der Waals surface area contributed by atoms with E-state index in [0.29, 0.717) is 43.5 Å². The summed E-state index contributed by atoms with van der Waals surface area (Å²) in [5.41, 5.74) is 3.12. The molecular weight excluding hydrogens is 340 g/mol. The van der Waals surface area contributed by atoms with Crippen molar-refractivity contribution in [2.75, 3.05) is 13.1 Å². The molecule has 0 radical (unpaired) electrons. The molecule has 0 unspecified atom stereocenters. The maximum atomic E-state index is 13.0. The standard InChI is InChI=1S/C21H28N4O2/c1-15(2)9-10-22-20(26)18-13-19-21(27)24(11-4-12-25(19)23-18)14-17-7-5-16(3)6-8-17/h5-8,13,15H,4,9-12,14H2,1-3H3,(H,22,26). The highest BCUT2D eigenvalue weighted by Crippen LogP contribution is 2.17. The number of amides is 2. The van der Waals surface area contributed by atoms with E-state index in [4.69, 9.17) is 0 Å². The highest BCUT2D eigenvalue weighted by atomic mass is 16.2. The van der Waals surface area contributed by atoms with Crippen molar-refractivity contribution < 1.29 is 9.59 Å². The molecule has 1 aliphatic heterocycles. The van der Waals surface area contributed by atoms with Crippen LogP contribution in [0.15, 0.2) is 30.3 Å². The number of aryl methyl sites for hydroxylation is 2. The minimum Gasteiger partial charge on any atom is -0.351 e. The SMILES string of the molecule is Cc1ccc(CN2CCCn3nc(C(=O)NCCC(C)C)cc3C2=O)cc1. The summed E-state index contributed by atoms with van der Waals surface area (Å²) in [5, 5.41) is 7.26. The summed E-state index contributed by atoms with van der Waals surface area (Å²) < 4.78 is 1.68. The second-order valence-corrected chi connectivity index (χ2v) is 7.64. The van der Waals surface area contributed by atoms with Crippen LogP contribution in [0.1, 0.15) is 58.8 Å². The van der Waals surface area contributed by atoms with Gasteiger partial charge >= 0.3 is 0 Å². The van der Waals surface area contributed by atoms with Crippen molar-refractivity contribution in [1.82, 2.24) is 20.0 Å². The number of nitrogens with one attached hydrogen (secondary N) is 1. The third kappa shape index (κ3) is 4.76. The van der Waals surface area contributed by atoms with E-state index < -0.39 is 0 Å². The number of hydrogen-bond donors (Lipinski definition) is 1. The number of aromatic nitrogens is 2. The lowest BCUT2D eigenvalue weighted by molar-refractivity contribution is 0.0745. The predicted molar refractivity (Wildman–Crippen MR) is 105 cm³/mol. The molecule has 0 aliphatic carbocycles. The molecule has 6 heteroatoms. The van der Waals surface area contributed by atoms with Crippen molar-refractivity contribution in [1.29, 1.82) is 0 Å². The van der Waals surface area contributed by atoms with Gasteiger partial charge in [0.2, 0.25) is 0 Å². The first-order valence-electron chi connectivity index (χ1n) is 9.65. The lowest BCUT2D eigenvalue weighted by atomic mass is 10.1. The van der Waals surface area contributed by atoms with Gasteiger partial charge in [-0.2, -0.15) is 5.10 Å². The zero-order chi connectivity index (χ0) is 19.4. The molecule has 1 aliphatic rings. The number of fused-ring (bicyclic) bond motifs is 1. The number of rotatable bonds is 6. The first-order chi connectivity index (χ1) is 12.9. The Morgan fingerprint density at radius 3 is 2.67 bits per heavy atom. The van der Waals surface area contributed by atoms with Crippen LogP contribution in [0.25, 0.3) is 0 Å². The predicted octanol–water partition coefficient (Wildman–Crippen LogP) is 3.01. The Labute approximate surface area is 160 Å². The number of nitrogens with zero attached hydrogens (tertiary/aromatic N) is 3. The second kappa shape index (κ2) is 8.37. The van der Waals surface area contributed by atoms with Crippen LogP contribution < -0.4 is 5.32 Å². The minimum atomic E-state index is -0.214. The number of carbonyl (C=O) groups is 2. The van der Waals surface area contributed by atoms with Gasteiger partial charge in [0.15, 0.2) is 5.69 Å². The smallest absolute Gasteiger partial charge is 0.272 e. The van der Waals surface area contributed by atoms with E-state index in [1.807, 2.05) is 11.8 Å². The quantitative estimate of drug-likeness (QED) is 0.852. The summed E-state index contributed by atoms with van der Waals surface area (Å²) in [5.74, 6) is 0.247. The Kier molecular flexibility index (Phi) is 5.94. The molecule has 2 amide bonds. The van der Waals surface area contributed by atoms with Crippen LogP contribution in [0.4, 0.5) is 0 Å². The van der Waals surface area contributed by atoms with Crippen LogP contribution >= 0.6 is 0 Å². The Balaban J connectivity index is 1.71. The van der Waals surface area contributed by atoms with E-state index in [9.17, 15) is 9.59 Å². The Hall–Kier alpha value is -2.63. The van der Waals surface area contributed by atoms with Crippen molar-refractivity contribution in [3.63, 3.8) is 0 Å². The Morgan fingerprint density at radius 1 is 1.22 bits per heavy atom. The van der Waals surface area contributed by atoms with E-state index in [-0.39, 0.29) is 11.8 Å². The molecule has 1 aromatic carbocycles. The fourth-order valence-electron chi connectivity index (χ4n) is 3.17. The lowest BCUT2D eigenvalue weighted by Crippen LogP contribution is -2.30. The van der Waals surface area contributed by atoms with E-state index in [1.165, 1.54) is 5.56 Å². The number of hydrogen-bond acceptors (Lipinski definition) is 3. The van der Waals surface area contributed by atoms with Gasteiger partial charge in [0.05, 0.1) is 0 Å². The second-order valence-electron chi connectivity index (χ2n) is 7.64. The molecule has 27 heavy (non-hydrogen) atoms. The van der Waals surface area contributed by atoms with Gasteiger partial charge in [-0.3, -0.25) is 14.3 Å². The van der Waals surface area contributed by atoms with Gasteiger partial charge < -0.3 is 10.2 Å². The molecule has 2 aromatic rings. The van der Waals surface area contributed by atoms with Crippen molar-refractivity contribution in [2.45, 2.75) is 46.7 Å². The van der Waals surface area contributed by atoms with E-state index in [2.05, 4.69) is 48.5 Å². The minimum absolute atomic E-state index is 0.0678. The molecule has 1 N–H and O–H groups in total. The molecule has 0 fully saturated rings. The molecule has 0 spiro atoms. The van der Waals surface area contributed by atoms with Crippen LogP contribution in [0.2, 0.25) is 0 Å². The van der Waals surface area contributed by atoms with Crippen LogP contribution in [0.3, 0.4) is 0 Å². The maximum absolute atomic E-state index is 13.0. The average Bonchev–Trinajstić information content (AvgIpc) is 3.00. The summed E-state index contributed by atoms with van der Waals surface area (Å²) in [6.07, 6.45) is 1.74. The van der Waals surface area contributed by atoms with Gasteiger partial charge in [0.25, 0.3) is 11.8 Å². The van der Waals surface area contributed by atoms with Crippen molar-refractivity contribution in [3.8, 4) is 0 Å². The third-order valence-electron chi connectivity index (χ3n) is 4.82. The maximum Gasteiger partial charge on any atom is 0.272 e. The molecule has 0 atom stereocenters. The van der Waals surface area contributed by atoms with E-state index in [1.54, 1.807) is 10.7 Å². The molecule has 1 aromatic heterocycles. The Morgan fingerprint density at radius 2 is 1.96 bits per heavy atom. The Bertz CT molecular complexity index is 808. The van der Waals surface area contributed by atoms with Crippen LogP contribution in [-0.2, 0) is 13.1 Å². The summed E-state index contributed by atoms with van der Waals surface area (Å²) >= 11 is 0. The lowest BCUT2D eigenvalue weighted by Gasteiger charge is -2.20. The zero-order valence-electron chi connectivity index (χ0n) is 16.4. The van der Waals surface area contributed by atoms with Crippen LogP contribution in [-0.4, -0.2) is 39.6 Å². The zero-order valence-corrected chi connectivity index (χ0v) is 16.4. The topological polar surface area (TPSA) is 67.2 Å². The molecule has 0 saturated heterocycles. The monoisotopic (exact) mass is 368 g/mol. The average molecular weight is 368 g/mol. The molecule has 3 rings (SSSR count). The summed E-state index contributed by atoms with van der Waals surface area (Å²) in [4.78, 5) is 27.1. The van der Waals surface area contributed by atoms with Crippen molar-refractivity contribution in [3.05, 3.63) is 52.8 Å². The molecule has 2 heterocycles. The molecular formula is C21H28N4O2. The first-order valence-corrected chi connectivity index (χ1v) is 9.65. The highest BCUT2D eigenvalue weighted by Gasteiger charge is 2.26. The molecule has 0 bridgehead atoms. The number of benzene rings is 1. The molecule has 0 saturated carbocycles. The van der Waals surface area contributed by atoms with Crippen molar-refractivity contribution in [2.24, 2.45) is 5.92 Å². The van der Waals surface area contributed by atoms with Gasteiger partial charge in [0, 0.05) is 32.2 Å². The summed E-state index contributed by atoms with van der Waals surface area (Å²) in [6, 6.07) is 9.85. The summed E-state index contributed by atoms with van der Waals surface area (Å²) in [7, 11) is 0. The van der Waals surface area contributed by atoms with Gasteiger partial charge in [-0.1, -0.05) is 43.7 Å². The highest BCUT2D eigenvalue weighted by molar-refractivity contribution is 5.98. The third-order valence-corrected chi connectivity index (χ3v) is 4.82. The van der Waals surface area contributed by atoms with E-state index >= 15 is 0 Å². The fourth-order valence-corrected chi connectivity index (χ4v) is 3.17. The molecule has 6 nitrogen and oxygen atoms in total. The normalized spacial score (nSPS) is 14.2. The van der Waals surface area contributed by atoms with E-state index in [0.717, 1.165) is 18.4 Å². The van der Waals surface area contributed by atoms with Gasteiger partial charge in [-0.05, 0) is 31.2 Å². The van der Waals surface area contributed by atoms with Crippen LogP contribution in [0.5, 0.6) is 0 Å². The number of carbonyl (C=O) groups excluding carboxylic acids is 2. The van der Waals surface area contributed by atoms with Gasteiger partial charge in [0.1, 0.15) is 5.69 Å². The first kappa shape index (κ1) is 19.1. The van der Waals surface area contributed by atoms with Gasteiger partial charge in [-0.15, -0.1) is 0 Å². The molecule has 144 valence electrons. The van der Waals surface area contributed by atoms with Crippen molar-refractivity contribution >= 4 is 11.8 Å².